The number of anilines is 2. The zero-order chi connectivity index (χ0) is 18.6. The van der Waals surface area contributed by atoms with Gasteiger partial charge in [0.15, 0.2) is 11.6 Å². The molecule has 0 amide bonds. The number of aromatic amines is 1. The number of fused-ring (bicyclic) bond motifs is 1. The lowest BCUT2D eigenvalue weighted by Crippen LogP contribution is -2.66. The summed E-state index contributed by atoms with van der Waals surface area (Å²) in [5.74, 6) is 0.462. The maximum Gasteiger partial charge on any atom is 0.225 e. The third kappa shape index (κ3) is 2.62. The minimum absolute atomic E-state index is 0.101. The quantitative estimate of drug-likeness (QED) is 0.725. The smallest absolute Gasteiger partial charge is 0.225 e. The first-order valence-corrected chi connectivity index (χ1v) is 9.27. The predicted octanol–water partition coefficient (Wildman–Crippen LogP) is 3.53. The molecule has 2 fully saturated rings. The number of hydrogen-bond donors (Lipinski definition) is 1. The lowest BCUT2D eigenvalue weighted by molar-refractivity contribution is 0.213. The van der Waals surface area contributed by atoms with E-state index in [9.17, 15) is 8.78 Å². The van der Waals surface area contributed by atoms with Gasteiger partial charge in [0.05, 0.1) is 33.9 Å². The van der Waals surface area contributed by atoms with E-state index in [1.807, 2.05) is 0 Å². The van der Waals surface area contributed by atoms with Gasteiger partial charge in [0.1, 0.15) is 5.82 Å². The van der Waals surface area contributed by atoms with Crippen LogP contribution in [0.4, 0.5) is 20.5 Å². The monoisotopic (exact) mass is 390 g/mol. The fraction of sp³-hybridized carbons (Fsp3) is 0.389. The summed E-state index contributed by atoms with van der Waals surface area (Å²) in [5.41, 5.74) is 0.490. The van der Waals surface area contributed by atoms with Crippen LogP contribution >= 0.6 is 11.6 Å². The Balaban J connectivity index is 1.51. The summed E-state index contributed by atoms with van der Waals surface area (Å²) < 4.78 is 26.8. The van der Waals surface area contributed by atoms with E-state index < -0.39 is 5.82 Å². The van der Waals surface area contributed by atoms with E-state index in [0.29, 0.717) is 29.6 Å². The third-order valence-corrected chi connectivity index (χ3v) is 5.94. The highest BCUT2D eigenvalue weighted by atomic mass is 35.5. The highest BCUT2D eigenvalue weighted by molar-refractivity contribution is 6.36. The Morgan fingerprint density at radius 1 is 1.07 bits per heavy atom. The number of H-pyrrole nitrogens is 1. The van der Waals surface area contributed by atoms with Gasteiger partial charge in [-0.1, -0.05) is 11.6 Å². The van der Waals surface area contributed by atoms with Crippen LogP contribution in [0, 0.1) is 11.6 Å². The molecule has 1 saturated carbocycles. The van der Waals surface area contributed by atoms with Crippen molar-refractivity contribution in [3.63, 3.8) is 0 Å². The lowest BCUT2D eigenvalue weighted by atomic mass is 9.73. The topological polar surface area (TPSA) is 60.9 Å². The van der Waals surface area contributed by atoms with E-state index in [1.54, 1.807) is 0 Å². The van der Waals surface area contributed by atoms with Crippen molar-refractivity contribution in [1.82, 2.24) is 20.2 Å². The molecule has 5 rings (SSSR count). The van der Waals surface area contributed by atoms with Gasteiger partial charge in [0.2, 0.25) is 5.95 Å². The number of nitrogens with one attached hydrogen (secondary N) is 1. The van der Waals surface area contributed by atoms with Gasteiger partial charge in [0, 0.05) is 19.6 Å². The SMILES string of the molecule is Fc1cnc(N2CCN(c3n[nH]c4cc(F)cc(Cl)c34)C3(CCC3)C2)nc1. The largest absolute Gasteiger partial charge is 0.345 e. The van der Waals surface area contributed by atoms with Crippen LogP contribution in [0.3, 0.4) is 0 Å². The summed E-state index contributed by atoms with van der Waals surface area (Å²) in [5, 5.41) is 8.46. The Kier molecular flexibility index (Phi) is 3.72. The van der Waals surface area contributed by atoms with Crippen molar-refractivity contribution < 1.29 is 8.78 Å². The van der Waals surface area contributed by atoms with E-state index in [1.165, 1.54) is 24.5 Å². The maximum absolute atomic E-state index is 13.7. The predicted molar refractivity (Wildman–Crippen MR) is 99.2 cm³/mol. The van der Waals surface area contributed by atoms with Crippen LogP contribution in [0.2, 0.25) is 5.02 Å². The molecule has 140 valence electrons. The van der Waals surface area contributed by atoms with Crippen molar-refractivity contribution in [2.24, 2.45) is 0 Å². The molecule has 2 aromatic heterocycles. The van der Waals surface area contributed by atoms with E-state index in [4.69, 9.17) is 11.6 Å². The van der Waals surface area contributed by atoms with Crippen LogP contribution in [0.25, 0.3) is 10.9 Å². The first-order chi connectivity index (χ1) is 13.1. The van der Waals surface area contributed by atoms with Gasteiger partial charge in [-0.3, -0.25) is 5.10 Å². The Morgan fingerprint density at radius 2 is 1.85 bits per heavy atom. The molecule has 0 unspecified atom stereocenters. The molecule has 1 aliphatic heterocycles. The average molecular weight is 391 g/mol. The normalized spacial score (nSPS) is 18.9. The molecule has 2 aliphatic rings. The summed E-state index contributed by atoms with van der Waals surface area (Å²) in [6.45, 7) is 2.11. The van der Waals surface area contributed by atoms with Crippen LogP contribution < -0.4 is 9.80 Å². The average Bonchev–Trinajstić information content (AvgIpc) is 3.04. The molecule has 1 saturated heterocycles. The minimum atomic E-state index is -0.444. The van der Waals surface area contributed by atoms with Gasteiger partial charge in [-0.2, -0.15) is 5.10 Å². The number of halogens is 3. The molecule has 0 atom stereocenters. The Labute approximate surface area is 159 Å². The van der Waals surface area contributed by atoms with Gasteiger partial charge in [-0.25, -0.2) is 18.7 Å². The standard InChI is InChI=1S/C18H17ClF2N6/c19-13-6-11(20)7-14-15(13)16(25-24-14)27-5-4-26(10-18(27)2-1-3-18)17-22-8-12(21)9-23-17/h6-9H,1-5,10H2,(H,24,25). The second-order valence-electron chi connectivity index (χ2n) is 7.21. The van der Waals surface area contributed by atoms with Gasteiger partial charge in [-0.15, -0.1) is 0 Å². The van der Waals surface area contributed by atoms with Gasteiger partial charge in [0.25, 0.3) is 0 Å². The van der Waals surface area contributed by atoms with Crippen molar-refractivity contribution in [2.75, 3.05) is 29.4 Å². The number of nitrogens with zero attached hydrogens (tertiary/aromatic N) is 5. The molecular formula is C18H17ClF2N6. The van der Waals surface area contributed by atoms with Gasteiger partial charge in [-0.05, 0) is 31.4 Å². The minimum Gasteiger partial charge on any atom is -0.345 e. The molecule has 0 bridgehead atoms. The molecular weight excluding hydrogens is 374 g/mol. The second kappa shape index (κ2) is 6.02. The summed E-state index contributed by atoms with van der Waals surface area (Å²) in [6, 6.07) is 2.73. The fourth-order valence-corrected chi connectivity index (χ4v) is 4.50. The lowest BCUT2D eigenvalue weighted by Gasteiger charge is -2.56. The van der Waals surface area contributed by atoms with Gasteiger partial charge >= 0.3 is 0 Å². The molecule has 1 aliphatic carbocycles. The first kappa shape index (κ1) is 16.7. The van der Waals surface area contributed by atoms with Crippen LogP contribution in [0.5, 0.6) is 0 Å². The van der Waals surface area contributed by atoms with E-state index in [2.05, 4.69) is 30.0 Å². The molecule has 6 nitrogen and oxygen atoms in total. The van der Waals surface area contributed by atoms with E-state index in [0.717, 1.165) is 37.0 Å². The van der Waals surface area contributed by atoms with Crippen LogP contribution in [0.1, 0.15) is 19.3 Å². The number of piperazine rings is 1. The van der Waals surface area contributed by atoms with Crippen LogP contribution in [-0.2, 0) is 0 Å². The molecule has 9 heteroatoms. The fourth-order valence-electron chi connectivity index (χ4n) is 4.21. The molecule has 1 aromatic carbocycles. The zero-order valence-electron chi connectivity index (χ0n) is 14.4. The number of benzene rings is 1. The maximum atomic E-state index is 13.7. The number of hydrogen-bond acceptors (Lipinski definition) is 5. The highest BCUT2D eigenvalue weighted by Crippen LogP contribution is 2.45. The van der Waals surface area contributed by atoms with Crippen LogP contribution in [-0.4, -0.2) is 45.3 Å². The zero-order valence-corrected chi connectivity index (χ0v) is 15.2. The van der Waals surface area contributed by atoms with E-state index >= 15 is 0 Å². The Bertz CT molecular complexity index is 1000. The van der Waals surface area contributed by atoms with Crippen LogP contribution in [0.15, 0.2) is 24.5 Å². The summed E-state index contributed by atoms with van der Waals surface area (Å²) >= 11 is 6.33. The first-order valence-electron chi connectivity index (χ1n) is 8.89. The summed E-state index contributed by atoms with van der Waals surface area (Å²) in [6.07, 6.45) is 5.53. The molecule has 27 heavy (non-hydrogen) atoms. The Morgan fingerprint density at radius 3 is 2.56 bits per heavy atom. The Hall–Kier alpha value is -2.48. The number of rotatable bonds is 2. The van der Waals surface area contributed by atoms with Crippen molar-refractivity contribution in [3.05, 3.63) is 41.2 Å². The van der Waals surface area contributed by atoms with Crippen molar-refractivity contribution in [3.8, 4) is 0 Å². The second-order valence-corrected chi connectivity index (χ2v) is 7.62. The summed E-state index contributed by atoms with van der Waals surface area (Å²) in [4.78, 5) is 12.6. The molecule has 1 N–H and O–H groups in total. The number of aromatic nitrogens is 4. The van der Waals surface area contributed by atoms with Crippen molar-refractivity contribution in [2.45, 2.75) is 24.8 Å². The molecule has 1 spiro atoms. The van der Waals surface area contributed by atoms with Crippen molar-refractivity contribution in [1.29, 1.82) is 0 Å². The van der Waals surface area contributed by atoms with Gasteiger partial charge < -0.3 is 9.80 Å². The summed E-state index contributed by atoms with van der Waals surface area (Å²) in [7, 11) is 0. The van der Waals surface area contributed by atoms with Crippen molar-refractivity contribution >= 4 is 34.3 Å². The highest BCUT2D eigenvalue weighted by Gasteiger charge is 2.48. The molecule has 3 aromatic rings. The third-order valence-electron chi connectivity index (χ3n) is 5.64. The van der Waals surface area contributed by atoms with E-state index in [-0.39, 0.29) is 11.4 Å². The molecule has 3 heterocycles. The molecule has 0 radical (unpaired) electrons.